The van der Waals surface area contributed by atoms with Gasteiger partial charge in [-0.05, 0) is 32.0 Å². The van der Waals surface area contributed by atoms with Crippen LogP contribution in [-0.4, -0.2) is 24.9 Å². The molecule has 17 heavy (non-hydrogen) atoms. The Morgan fingerprint density at radius 1 is 1.41 bits per heavy atom. The number of carbonyl (C=O) groups is 2. The molecule has 1 aromatic carbocycles. The van der Waals surface area contributed by atoms with Gasteiger partial charge in [0.2, 0.25) is 0 Å². The molecule has 92 valence electrons. The molecule has 4 nitrogen and oxygen atoms in total. The van der Waals surface area contributed by atoms with E-state index in [0.717, 1.165) is 0 Å². The van der Waals surface area contributed by atoms with Crippen LogP contribution in [0.5, 0.6) is 0 Å². The minimum absolute atomic E-state index is 0.107. The van der Waals surface area contributed by atoms with Crippen molar-refractivity contribution in [1.29, 1.82) is 0 Å². The van der Waals surface area contributed by atoms with Crippen molar-refractivity contribution in [2.45, 2.75) is 19.9 Å². The molecule has 0 aliphatic heterocycles. The summed E-state index contributed by atoms with van der Waals surface area (Å²) >= 11 is 0. The molecule has 1 N–H and O–H groups in total. The number of ether oxygens (including phenoxy) is 1. The zero-order valence-corrected chi connectivity index (χ0v) is 9.91. The summed E-state index contributed by atoms with van der Waals surface area (Å²) in [6.45, 7) is 2.94. The van der Waals surface area contributed by atoms with Gasteiger partial charge in [0, 0.05) is 5.56 Å². The van der Waals surface area contributed by atoms with Crippen LogP contribution in [0.4, 0.5) is 10.1 Å². The van der Waals surface area contributed by atoms with Crippen molar-refractivity contribution >= 4 is 17.4 Å². The van der Waals surface area contributed by atoms with Crippen LogP contribution in [0.3, 0.4) is 0 Å². The summed E-state index contributed by atoms with van der Waals surface area (Å²) in [4.78, 5) is 22.3. The number of halogens is 1. The van der Waals surface area contributed by atoms with E-state index in [4.69, 9.17) is 0 Å². The highest BCUT2D eigenvalue weighted by molar-refractivity contribution is 5.95. The van der Waals surface area contributed by atoms with Crippen molar-refractivity contribution in [1.82, 2.24) is 0 Å². The second kappa shape index (κ2) is 5.43. The topological polar surface area (TPSA) is 55.4 Å². The summed E-state index contributed by atoms with van der Waals surface area (Å²) in [5.74, 6) is -1.19. The van der Waals surface area contributed by atoms with E-state index in [0.29, 0.717) is 5.56 Å². The number of ketones is 1. The molecule has 0 saturated heterocycles. The molecular weight excluding hydrogens is 225 g/mol. The van der Waals surface area contributed by atoms with Crippen molar-refractivity contribution in [3.05, 3.63) is 29.6 Å². The number of methoxy groups -OCH3 is 1. The molecule has 0 spiro atoms. The Kier molecular flexibility index (Phi) is 4.20. The molecule has 0 heterocycles. The highest BCUT2D eigenvalue weighted by Gasteiger charge is 2.15. The fraction of sp³-hybridized carbons (Fsp3) is 0.333. The maximum Gasteiger partial charge on any atom is 0.327 e. The highest BCUT2D eigenvalue weighted by atomic mass is 19.1. The van der Waals surface area contributed by atoms with Crippen molar-refractivity contribution in [2.24, 2.45) is 0 Å². The number of hydrogen-bond acceptors (Lipinski definition) is 4. The minimum atomic E-state index is -0.684. The lowest BCUT2D eigenvalue weighted by atomic mass is 10.1. The van der Waals surface area contributed by atoms with E-state index in [2.05, 4.69) is 10.1 Å². The number of esters is 1. The molecule has 1 unspecified atom stereocenters. The minimum Gasteiger partial charge on any atom is -0.467 e. The third-order valence-corrected chi connectivity index (χ3v) is 2.30. The van der Waals surface area contributed by atoms with Crippen LogP contribution in [0.1, 0.15) is 24.2 Å². The Bertz CT molecular complexity index is 445. The molecule has 0 amide bonds. The van der Waals surface area contributed by atoms with Crippen molar-refractivity contribution in [3.8, 4) is 0 Å². The molecule has 5 heteroatoms. The first-order chi connectivity index (χ1) is 7.95. The number of benzene rings is 1. The third-order valence-electron chi connectivity index (χ3n) is 2.30. The smallest absolute Gasteiger partial charge is 0.327 e. The van der Waals surface area contributed by atoms with Crippen LogP contribution in [0, 0.1) is 5.82 Å². The van der Waals surface area contributed by atoms with E-state index < -0.39 is 17.8 Å². The maximum atomic E-state index is 13.4. The summed E-state index contributed by atoms with van der Waals surface area (Å²) in [5, 5.41) is 2.65. The largest absolute Gasteiger partial charge is 0.467 e. The molecule has 0 aliphatic rings. The van der Waals surface area contributed by atoms with Gasteiger partial charge in [0.25, 0.3) is 0 Å². The number of carbonyl (C=O) groups excluding carboxylic acids is 2. The van der Waals surface area contributed by atoms with Crippen LogP contribution < -0.4 is 5.32 Å². The molecule has 0 aromatic heterocycles. The molecular formula is C12H14FNO3. The van der Waals surface area contributed by atoms with Gasteiger partial charge in [-0.25, -0.2) is 9.18 Å². The normalized spacial score (nSPS) is 11.8. The van der Waals surface area contributed by atoms with Gasteiger partial charge < -0.3 is 10.1 Å². The maximum absolute atomic E-state index is 13.4. The van der Waals surface area contributed by atoms with E-state index >= 15 is 0 Å². The summed E-state index contributed by atoms with van der Waals surface area (Å²) in [6.07, 6.45) is 0. The molecule has 1 atom stereocenters. The number of rotatable bonds is 4. The zero-order chi connectivity index (χ0) is 13.0. The molecule has 0 aliphatic carbocycles. The predicted molar refractivity (Wildman–Crippen MR) is 61.5 cm³/mol. The average Bonchev–Trinajstić information content (AvgIpc) is 2.30. The lowest BCUT2D eigenvalue weighted by Gasteiger charge is -2.14. The summed E-state index contributed by atoms with van der Waals surface area (Å²) in [7, 11) is 1.25. The predicted octanol–water partition coefficient (Wildman–Crippen LogP) is 2.00. The Morgan fingerprint density at radius 3 is 2.59 bits per heavy atom. The van der Waals surface area contributed by atoms with E-state index in [-0.39, 0.29) is 11.5 Å². The first-order valence-electron chi connectivity index (χ1n) is 5.10. The first-order valence-corrected chi connectivity index (χ1v) is 5.10. The molecule has 1 aromatic rings. The van der Waals surface area contributed by atoms with Crippen LogP contribution in [0.25, 0.3) is 0 Å². The Hall–Kier alpha value is -1.91. The fourth-order valence-corrected chi connectivity index (χ4v) is 1.32. The molecule has 0 bridgehead atoms. The number of anilines is 1. The van der Waals surface area contributed by atoms with Gasteiger partial charge in [0.1, 0.15) is 11.9 Å². The van der Waals surface area contributed by atoms with Crippen LogP contribution in [0.15, 0.2) is 18.2 Å². The van der Waals surface area contributed by atoms with Gasteiger partial charge >= 0.3 is 5.97 Å². The molecule has 1 rings (SSSR count). The standard InChI is InChI=1S/C12H14FNO3/c1-7(12(16)17-3)14-11-6-9(8(2)15)4-5-10(11)13/h4-7,14H,1-3H3. The Balaban J connectivity index is 2.93. The monoisotopic (exact) mass is 239 g/mol. The molecule has 0 saturated carbocycles. The Morgan fingerprint density at radius 2 is 2.06 bits per heavy atom. The van der Waals surface area contributed by atoms with E-state index in [1.165, 1.54) is 32.2 Å². The second-order valence-electron chi connectivity index (χ2n) is 3.64. The quantitative estimate of drug-likeness (QED) is 0.645. The van der Waals surface area contributed by atoms with E-state index in [1.807, 2.05) is 0 Å². The van der Waals surface area contributed by atoms with Gasteiger partial charge in [-0.3, -0.25) is 4.79 Å². The average molecular weight is 239 g/mol. The summed E-state index contributed by atoms with van der Waals surface area (Å²) in [5.41, 5.74) is 0.488. The first kappa shape index (κ1) is 13.2. The van der Waals surface area contributed by atoms with Crippen LogP contribution >= 0.6 is 0 Å². The summed E-state index contributed by atoms with van der Waals surface area (Å²) in [6, 6.07) is 3.27. The van der Waals surface area contributed by atoms with Crippen LogP contribution in [-0.2, 0) is 9.53 Å². The SMILES string of the molecule is COC(=O)C(C)Nc1cc(C(C)=O)ccc1F. The lowest BCUT2D eigenvalue weighted by Crippen LogP contribution is -2.27. The third kappa shape index (κ3) is 3.27. The highest BCUT2D eigenvalue weighted by Crippen LogP contribution is 2.17. The molecule has 0 radical (unpaired) electrons. The number of nitrogens with one attached hydrogen (secondary N) is 1. The fourth-order valence-electron chi connectivity index (χ4n) is 1.32. The number of Topliss-reactive ketones (excluding diaryl/α,β-unsaturated/α-hetero) is 1. The van der Waals surface area contributed by atoms with E-state index in [9.17, 15) is 14.0 Å². The van der Waals surface area contributed by atoms with Gasteiger partial charge in [0.05, 0.1) is 12.8 Å². The second-order valence-corrected chi connectivity index (χ2v) is 3.64. The zero-order valence-electron chi connectivity index (χ0n) is 9.91. The van der Waals surface area contributed by atoms with Crippen LogP contribution in [0.2, 0.25) is 0 Å². The van der Waals surface area contributed by atoms with Crippen molar-refractivity contribution < 1.29 is 18.7 Å². The van der Waals surface area contributed by atoms with Crippen molar-refractivity contribution in [2.75, 3.05) is 12.4 Å². The Labute approximate surface area is 98.8 Å². The van der Waals surface area contributed by atoms with Gasteiger partial charge in [0.15, 0.2) is 5.78 Å². The number of hydrogen-bond donors (Lipinski definition) is 1. The van der Waals surface area contributed by atoms with E-state index in [1.54, 1.807) is 6.92 Å². The van der Waals surface area contributed by atoms with Crippen molar-refractivity contribution in [3.63, 3.8) is 0 Å². The van der Waals surface area contributed by atoms with Gasteiger partial charge in [-0.1, -0.05) is 0 Å². The lowest BCUT2D eigenvalue weighted by molar-refractivity contribution is -0.141. The van der Waals surface area contributed by atoms with Gasteiger partial charge in [-0.15, -0.1) is 0 Å². The molecule has 0 fully saturated rings. The van der Waals surface area contributed by atoms with Gasteiger partial charge in [-0.2, -0.15) is 0 Å². The summed E-state index contributed by atoms with van der Waals surface area (Å²) < 4.78 is 17.9.